The zero-order valence-electron chi connectivity index (χ0n) is 15.1. The van der Waals surface area contributed by atoms with Gasteiger partial charge in [-0.1, -0.05) is 6.07 Å². The summed E-state index contributed by atoms with van der Waals surface area (Å²) in [6.45, 7) is 1.96. The fourth-order valence-corrected chi connectivity index (χ4v) is 3.50. The number of carbonyl (C=O) groups is 2. The van der Waals surface area contributed by atoms with Crippen LogP contribution in [-0.4, -0.2) is 41.2 Å². The van der Waals surface area contributed by atoms with Gasteiger partial charge in [-0.05, 0) is 72.3 Å². The third kappa shape index (κ3) is 4.03. The van der Waals surface area contributed by atoms with Gasteiger partial charge in [0, 0.05) is 7.05 Å². The number of aryl methyl sites for hydroxylation is 1. The van der Waals surface area contributed by atoms with Crippen molar-refractivity contribution >= 4 is 40.6 Å². The number of rotatable bonds is 4. The molecule has 138 valence electrons. The summed E-state index contributed by atoms with van der Waals surface area (Å²) in [6.07, 6.45) is 1.84. The molecule has 0 saturated carbocycles. The maximum atomic E-state index is 12.5. The van der Waals surface area contributed by atoms with E-state index in [4.69, 9.17) is 9.84 Å². The van der Waals surface area contributed by atoms with Gasteiger partial charge in [-0.15, -0.1) is 0 Å². The molecule has 0 unspecified atom stereocenters. The minimum atomic E-state index is -0.989. The van der Waals surface area contributed by atoms with Crippen molar-refractivity contribution in [3.8, 4) is 5.75 Å². The highest BCUT2D eigenvalue weighted by Crippen LogP contribution is 2.34. The average molecular weight is 382 g/mol. The van der Waals surface area contributed by atoms with Crippen LogP contribution in [0.1, 0.15) is 21.5 Å². The van der Waals surface area contributed by atoms with Crippen molar-refractivity contribution in [2.24, 2.45) is 4.99 Å². The van der Waals surface area contributed by atoms with Crippen LogP contribution in [0.5, 0.6) is 5.75 Å². The van der Waals surface area contributed by atoms with E-state index in [9.17, 15) is 9.59 Å². The quantitative estimate of drug-likeness (QED) is 0.811. The fraction of sp³-hybridized carbons (Fsp3) is 0.150. The van der Waals surface area contributed by atoms with Crippen molar-refractivity contribution < 1.29 is 19.4 Å². The number of thioether (sulfide) groups is 1. The molecule has 1 N–H and O–H groups in total. The first kappa shape index (κ1) is 18.7. The molecule has 2 aromatic rings. The number of carboxylic acids is 1. The van der Waals surface area contributed by atoms with Crippen LogP contribution in [0.4, 0.5) is 5.69 Å². The second-order valence-corrected chi connectivity index (χ2v) is 6.95. The molecule has 0 aromatic heterocycles. The van der Waals surface area contributed by atoms with Gasteiger partial charge < -0.3 is 9.84 Å². The second-order valence-electron chi connectivity index (χ2n) is 5.94. The average Bonchev–Trinajstić information content (AvgIpc) is 2.91. The Balaban J connectivity index is 1.87. The minimum absolute atomic E-state index is 0.129. The predicted molar refractivity (Wildman–Crippen MR) is 107 cm³/mol. The van der Waals surface area contributed by atoms with Crippen LogP contribution < -0.4 is 4.74 Å². The Morgan fingerprint density at radius 1 is 1.22 bits per heavy atom. The van der Waals surface area contributed by atoms with E-state index in [0.717, 1.165) is 16.9 Å². The monoisotopic (exact) mass is 382 g/mol. The second kappa shape index (κ2) is 7.67. The standard InChI is InChI=1S/C20H18N2O4S/c1-12-10-16(26-3)9-6-14(12)11-17-18(23)22(2)20(27-17)21-15-7-4-13(5-8-15)19(24)25/h4-11H,1-3H3,(H,24,25)/b17-11-,21-20?. The zero-order valence-corrected chi connectivity index (χ0v) is 15.9. The van der Waals surface area contributed by atoms with Crippen LogP contribution >= 0.6 is 11.8 Å². The molecule has 0 atom stereocenters. The van der Waals surface area contributed by atoms with Gasteiger partial charge in [0.15, 0.2) is 5.17 Å². The molecular formula is C20H18N2O4S. The summed E-state index contributed by atoms with van der Waals surface area (Å²) in [5.74, 6) is -0.350. The Bertz CT molecular complexity index is 964. The molecule has 0 radical (unpaired) electrons. The smallest absolute Gasteiger partial charge is 0.335 e. The van der Waals surface area contributed by atoms with Crippen molar-refractivity contribution in [1.29, 1.82) is 0 Å². The number of amides is 1. The molecule has 1 saturated heterocycles. The van der Waals surface area contributed by atoms with E-state index in [2.05, 4.69) is 4.99 Å². The topological polar surface area (TPSA) is 79.2 Å². The summed E-state index contributed by atoms with van der Waals surface area (Å²) >= 11 is 1.29. The van der Waals surface area contributed by atoms with Crippen LogP contribution in [-0.2, 0) is 4.79 Å². The molecule has 1 amide bonds. The molecule has 7 heteroatoms. The lowest BCUT2D eigenvalue weighted by Crippen LogP contribution is -2.23. The molecule has 6 nitrogen and oxygen atoms in total. The molecule has 3 rings (SSSR count). The molecule has 1 aliphatic heterocycles. The van der Waals surface area contributed by atoms with Crippen molar-refractivity contribution in [2.45, 2.75) is 6.92 Å². The van der Waals surface area contributed by atoms with Crippen LogP contribution in [0.2, 0.25) is 0 Å². The first-order valence-electron chi connectivity index (χ1n) is 8.13. The number of ether oxygens (including phenoxy) is 1. The number of likely N-dealkylation sites (N-methyl/N-ethyl adjacent to an activating group) is 1. The van der Waals surface area contributed by atoms with Crippen LogP contribution in [0, 0.1) is 6.92 Å². The predicted octanol–water partition coefficient (Wildman–Crippen LogP) is 3.94. The number of hydrogen-bond acceptors (Lipinski definition) is 5. The lowest BCUT2D eigenvalue weighted by Gasteiger charge is -2.07. The van der Waals surface area contributed by atoms with Gasteiger partial charge in [-0.2, -0.15) is 0 Å². The van der Waals surface area contributed by atoms with Crippen LogP contribution in [0.15, 0.2) is 52.4 Å². The van der Waals surface area contributed by atoms with Crippen molar-refractivity contribution in [3.63, 3.8) is 0 Å². The van der Waals surface area contributed by atoms with E-state index in [0.29, 0.717) is 15.8 Å². The summed E-state index contributed by atoms with van der Waals surface area (Å²) in [7, 11) is 3.28. The number of amidine groups is 1. The Labute approximate surface area is 161 Å². The Kier molecular flexibility index (Phi) is 5.32. The number of aliphatic imine (C=N–C) groups is 1. The fourth-order valence-electron chi connectivity index (χ4n) is 2.52. The molecule has 1 aliphatic rings. The lowest BCUT2D eigenvalue weighted by molar-refractivity contribution is -0.121. The largest absolute Gasteiger partial charge is 0.497 e. The summed E-state index contributed by atoms with van der Waals surface area (Å²) in [6, 6.07) is 11.9. The number of aromatic carboxylic acids is 1. The first-order valence-corrected chi connectivity index (χ1v) is 8.95. The molecule has 27 heavy (non-hydrogen) atoms. The summed E-state index contributed by atoms with van der Waals surface area (Å²) < 4.78 is 5.21. The van der Waals surface area contributed by atoms with Gasteiger partial charge in [-0.25, -0.2) is 9.79 Å². The van der Waals surface area contributed by atoms with E-state index >= 15 is 0 Å². The molecule has 1 heterocycles. The number of carbonyl (C=O) groups excluding carboxylic acids is 1. The van der Waals surface area contributed by atoms with Crippen LogP contribution in [0.3, 0.4) is 0 Å². The van der Waals surface area contributed by atoms with Gasteiger partial charge in [0.1, 0.15) is 5.75 Å². The number of carboxylic acid groups (broad SMARTS) is 1. The van der Waals surface area contributed by atoms with E-state index < -0.39 is 5.97 Å². The molecule has 1 fully saturated rings. The highest BCUT2D eigenvalue weighted by molar-refractivity contribution is 8.18. The Morgan fingerprint density at radius 3 is 2.52 bits per heavy atom. The van der Waals surface area contributed by atoms with Crippen molar-refractivity contribution in [1.82, 2.24) is 4.90 Å². The normalized spacial score (nSPS) is 17.0. The third-order valence-electron chi connectivity index (χ3n) is 4.11. The summed E-state index contributed by atoms with van der Waals surface area (Å²) in [4.78, 5) is 30.0. The van der Waals surface area contributed by atoms with Crippen molar-refractivity contribution in [3.05, 3.63) is 64.1 Å². The number of benzene rings is 2. The van der Waals surface area contributed by atoms with Crippen LogP contribution in [0.25, 0.3) is 6.08 Å². The van der Waals surface area contributed by atoms with Crippen molar-refractivity contribution in [2.75, 3.05) is 14.2 Å². The van der Waals surface area contributed by atoms with Gasteiger partial charge in [0.2, 0.25) is 0 Å². The van der Waals surface area contributed by atoms with Gasteiger partial charge in [0.05, 0.1) is 23.3 Å². The Morgan fingerprint density at radius 2 is 1.93 bits per heavy atom. The highest BCUT2D eigenvalue weighted by Gasteiger charge is 2.30. The molecule has 2 aromatic carbocycles. The molecule has 0 aliphatic carbocycles. The first-order chi connectivity index (χ1) is 12.9. The zero-order chi connectivity index (χ0) is 19.6. The van der Waals surface area contributed by atoms with E-state index in [-0.39, 0.29) is 11.5 Å². The van der Waals surface area contributed by atoms with E-state index in [1.54, 1.807) is 26.3 Å². The molecular weight excluding hydrogens is 364 g/mol. The van der Waals surface area contributed by atoms with E-state index in [1.165, 1.54) is 28.8 Å². The lowest BCUT2D eigenvalue weighted by atomic mass is 10.1. The SMILES string of the molecule is COc1ccc(/C=C2\SC(=Nc3ccc(C(=O)O)cc3)N(C)C2=O)c(C)c1. The van der Waals surface area contributed by atoms with Gasteiger partial charge in [-0.3, -0.25) is 9.69 Å². The number of nitrogens with zero attached hydrogens (tertiary/aromatic N) is 2. The number of methoxy groups -OCH3 is 1. The third-order valence-corrected chi connectivity index (χ3v) is 5.17. The summed E-state index contributed by atoms with van der Waals surface area (Å²) in [5, 5.41) is 9.50. The maximum absolute atomic E-state index is 12.5. The van der Waals surface area contributed by atoms with Gasteiger partial charge in [0.25, 0.3) is 5.91 Å². The maximum Gasteiger partial charge on any atom is 0.335 e. The minimum Gasteiger partial charge on any atom is -0.497 e. The van der Waals surface area contributed by atoms with Gasteiger partial charge >= 0.3 is 5.97 Å². The molecule has 0 spiro atoms. The highest BCUT2D eigenvalue weighted by atomic mass is 32.2. The number of hydrogen-bond donors (Lipinski definition) is 1. The Hall–Kier alpha value is -3.06. The summed E-state index contributed by atoms with van der Waals surface area (Å²) in [5.41, 5.74) is 2.72. The van der Waals surface area contributed by atoms with E-state index in [1.807, 2.05) is 31.2 Å². The molecule has 0 bridgehead atoms.